The van der Waals surface area contributed by atoms with E-state index in [4.69, 9.17) is 9.47 Å². The molecule has 0 N–H and O–H groups in total. The molecule has 2 aliphatic carbocycles. The summed E-state index contributed by atoms with van der Waals surface area (Å²) in [6, 6.07) is 0. The number of carbonyl (C=O) groups excluding carboxylic acids is 1. The van der Waals surface area contributed by atoms with Crippen molar-refractivity contribution < 1.29 is 14.3 Å². The van der Waals surface area contributed by atoms with E-state index < -0.39 is 5.60 Å². The number of epoxide rings is 1. The van der Waals surface area contributed by atoms with Gasteiger partial charge in [-0.25, -0.2) is 0 Å². The lowest BCUT2D eigenvalue weighted by molar-refractivity contribution is -0.131. The fraction of sp³-hybridized carbons (Fsp3) is 0.812. The molecule has 1 unspecified atom stereocenters. The molecule has 1 heterocycles. The molecule has 0 spiro atoms. The maximum absolute atomic E-state index is 12.4. The number of hydrogen-bond acceptors (Lipinski definition) is 3. The van der Waals surface area contributed by atoms with Gasteiger partial charge >= 0.3 is 0 Å². The Morgan fingerprint density at radius 3 is 2.75 bits per heavy atom. The van der Waals surface area contributed by atoms with Crippen molar-refractivity contribution in [3.8, 4) is 0 Å². The highest BCUT2D eigenvalue weighted by Gasteiger charge is 2.90. The molecule has 0 radical (unpaired) electrons. The van der Waals surface area contributed by atoms with Crippen LogP contribution >= 0.6 is 15.9 Å². The number of alkyl halides is 1. The first-order chi connectivity index (χ1) is 9.39. The van der Waals surface area contributed by atoms with Crippen molar-refractivity contribution >= 4 is 21.7 Å². The third-order valence-electron chi connectivity index (χ3n) is 5.68. The number of hydrogen-bond donors (Lipinski definition) is 0. The zero-order chi connectivity index (χ0) is 14.8. The van der Waals surface area contributed by atoms with Gasteiger partial charge in [-0.3, -0.25) is 4.79 Å². The van der Waals surface area contributed by atoms with Gasteiger partial charge in [0.05, 0.1) is 11.7 Å². The lowest BCUT2D eigenvalue weighted by Crippen LogP contribution is -2.31. The summed E-state index contributed by atoms with van der Waals surface area (Å²) in [7, 11) is 1.68. The Balaban J connectivity index is 1.83. The molecule has 3 fully saturated rings. The average Bonchev–Trinajstić information content (AvgIpc) is 3.22. The van der Waals surface area contributed by atoms with Crippen LogP contribution in [0, 0.1) is 11.3 Å². The first-order valence-electron chi connectivity index (χ1n) is 7.34. The van der Waals surface area contributed by atoms with Crippen LogP contribution in [0.5, 0.6) is 0 Å². The first kappa shape index (κ1) is 14.7. The van der Waals surface area contributed by atoms with Gasteiger partial charge in [0, 0.05) is 30.2 Å². The molecule has 4 heteroatoms. The predicted molar refractivity (Wildman–Crippen MR) is 81.0 cm³/mol. The Hall–Kier alpha value is -0.190. The molecule has 1 aliphatic heterocycles. The molecule has 20 heavy (non-hydrogen) atoms. The number of ketones is 1. The van der Waals surface area contributed by atoms with Crippen LogP contribution in [0.4, 0.5) is 0 Å². The molecule has 3 aliphatic rings. The molecule has 0 aromatic rings. The number of fused-ring (bicyclic) bond motifs is 1. The van der Waals surface area contributed by atoms with Crippen LogP contribution in [-0.4, -0.2) is 35.5 Å². The second-order valence-electron chi connectivity index (χ2n) is 6.89. The van der Waals surface area contributed by atoms with E-state index in [2.05, 4.69) is 42.8 Å². The van der Waals surface area contributed by atoms with Gasteiger partial charge in [-0.2, -0.15) is 0 Å². The van der Waals surface area contributed by atoms with Crippen LogP contribution in [0.2, 0.25) is 0 Å². The van der Waals surface area contributed by atoms with Gasteiger partial charge in [0.1, 0.15) is 5.60 Å². The van der Waals surface area contributed by atoms with E-state index in [0.717, 1.165) is 18.2 Å². The van der Waals surface area contributed by atoms with Gasteiger partial charge in [0.25, 0.3) is 0 Å². The summed E-state index contributed by atoms with van der Waals surface area (Å²) in [5, 5.41) is 0.818. The number of allylic oxidation sites excluding steroid dienone is 1. The molecule has 1 saturated heterocycles. The molecular weight excluding hydrogens is 320 g/mol. The minimum Gasteiger partial charge on any atom is -0.369 e. The molecule has 2 saturated carbocycles. The first-order valence-corrected chi connectivity index (χ1v) is 8.47. The summed E-state index contributed by atoms with van der Waals surface area (Å²) < 4.78 is 11.8. The van der Waals surface area contributed by atoms with Crippen molar-refractivity contribution in [2.45, 2.75) is 57.3 Å². The molecule has 0 aromatic carbocycles. The number of carbonyl (C=O) groups is 1. The van der Waals surface area contributed by atoms with E-state index in [9.17, 15) is 4.79 Å². The van der Waals surface area contributed by atoms with E-state index in [-0.39, 0.29) is 28.8 Å². The largest absolute Gasteiger partial charge is 0.369 e. The van der Waals surface area contributed by atoms with Gasteiger partial charge in [-0.05, 0) is 33.6 Å². The van der Waals surface area contributed by atoms with Crippen molar-refractivity contribution in [1.82, 2.24) is 0 Å². The Morgan fingerprint density at radius 2 is 2.25 bits per heavy atom. The van der Waals surface area contributed by atoms with E-state index in [1.807, 2.05) is 0 Å². The summed E-state index contributed by atoms with van der Waals surface area (Å²) in [5.41, 5.74) is 0.468. The predicted octanol–water partition coefficient (Wildman–Crippen LogP) is 3.26. The highest BCUT2D eigenvalue weighted by atomic mass is 79.9. The second-order valence-corrected chi connectivity index (χ2v) is 7.45. The lowest BCUT2D eigenvalue weighted by Gasteiger charge is -2.15. The number of rotatable bonds is 5. The molecule has 5 atom stereocenters. The fourth-order valence-corrected chi connectivity index (χ4v) is 5.66. The van der Waals surface area contributed by atoms with E-state index >= 15 is 0 Å². The standard InChI is InChI=1S/C16H23BrO3/c1-10(2)5-6-12-14(3,20-12)13-15(9-17)8-7-11(18)16(13,15)19-4/h5,12-13H,6-9H2,1-4H3/t12-,13?,14+,15-,16+/m1/s1. The Kier molecular flexibility index (Phi) is 3.24. The summed E-state index contributed by atoms with van der Waals surface area (Å²) in [4.78, 5) is 12.4. The maximum Gasteiger partial charge on any atom is 0.165 e. The van der Waals surface area contributed by atoms with Gasteiger partial charge in [0.2, 0.25) is 0 Å². The number of halogens is 1. The van der Waals surface area contributed by atoms with E-state index in [1.54, 1.807) is 7.11 Å². The zero-order valence-electron chi connectivity index (χ0n) is 12.7. The van der Waals surface area contributed by atoms with Gasteiger partial charge < -0.3 is 9.47 Å². The van der Waals surface area contributed by atoms with Crippen molar-refractivity contribution in [1.29, 1.82) is 0 Å². The second kappa shape index (κ2) is 4.40. The smallest absolute Gasteiger partial charge is 0.165 e. The number of methoxy groups -OCH3 is 1. The molecule has 0 aromatic heterocycles. The molecule has 0 bridgehead atoms. The van der Waals surface area contributed by atoms with Gasteiger partial charge in [-0.1, -0.05) is 27.6 Å². The average molecular weight is 343 g/mol. The van der Waals surface area contributed by atoms with E-state index in [0.29, 0.717) is 6.42 Å². The van der Waals surface area contributed by atoms with Crippen molar-refractivity contribution in [3.05, 3.63) is 11.6 Å². The summed E-state index contributed by atoms with van der Waals surface area (Å²) in [6.07, 6.45) is 4.94. The normalized spacial score (nSPS) is 49.0. The Labute approximate surface area is 129 Å². The quantitative estimate of drug-likeness (QED) is 0.437. The maximum atomic E-state index is 12.4. The SMILES string of the molecule is CO[C@]12C(=O)CC[C@@]1(CBr)C2[C@@]1(C)O[C@@H]1CC=C(C)C. The van der Waals surface area contributed by atoms with Crippen LogP contribution in [0.1, 0.15) is 40.0 Å². The van der Waals surface area contributed by atoms with Crippen molar-refractivity contribution in [2.24, 2.45) is 11.3 Å². The van der Waals surface area contributed by atoms with Crippen LogP contribution in [0.3, 0.4) is 0 Å². The van der Waals surface area contributed by atoms with Crippen LogP contribution in [0.15, 0.2) is 11.6 Å². The van der Waals surface area contributed by atoms with E-state index in [1.165, 1.54) is 5.57 Å². The monoisotopic (exact) mass is 342 g/mol. The number of ether oxygens (including phenoxy) is 2. The molecule has 0 amide bonds. The summed E-state index contributed by atoms with van der Waals surface area (Å²) in [5.74, 6) is 0.464. The van der Waals surface area contributed by atoms with Crippen molar-refractivity contribution in [2.75, 3.05) is 12.4 Å². The Morgan fingerprint density at radius 1 is 1.55 bits per heavy atom. The summed E-state index contributed by atoms with van der Waals surface area (Å²) in [6.45, 7) is 6.36. The highest BCUT2D eigenvalue weighted by Crippen LogP contribution is 2.78. The lowest BCUT2D eigenvalue weighted by atomic mass is 9.89. The third kappa shape index (κ3) is 1.56. The van der Waals surface area contributed by atoms with Gasteiger partial charge in [-0.15, -0.1) is 0 Å². The number of Topliss-reactive ketones (excluding diaryl/α,β-unsaturated/α-hetero) is 1. The van der Waals surface area contributed by atoms with Crippen molar-refractivity contribution in [3.63, 3.8) is 0 Å². The molecule has 112 valence electrons. The Bertz CT molecular complexity index is 484. The summed E-state index contributed by atoms with van der Waals surface area (Å²) >= 11 is 3.62. The fourth-order valence-electron chi connectivity index (χ4n) is 4.63. The minimum atomic E-state index is -0.592. The molecular formula is C16H23BrO3. The third-order valence-corrected chi connectivity index (χ3v) is 6.68. The van der Waals surface area contributed by atoms with Crippen LogP contribution < -0.4 is 0 Å². The zero-order valence-corrected chi connectivity index (χ0v) is 14.2. The topological polar surface area (TPSA) is 38.8 Å². The van der Waals surface area contributed by atoms with Crippen LogP contribution in [0.25, 0.3) is 0 Å². The molecule has 3 nitrogen and oxygen atoms in total. The van der Waals surface area contributed by atoms with Crippen LogP contribution in [-0.2, 0) is 14.3 Å². The van der Waals surface area contributed by atoms with Gasteiger partial charge in [0.15, 0.2) is 5.78 Å². The molecule has 3 rings (SSSR count). The minimum absolute atomic E-state index is 0.0483. The highest BCUT2D eigenvalue weighted by molar-refractivity contribution is 9.09.